The number of halogens is 1. The third-order valence-corrected chi connectivity index (χ3v) is 4.97. The number of nitrogens with one attached hydrogen (secondary N) is 1. The lowest BCUT2D eigenvalue weighted by molar-refractivity contribution is -0.122. The summed E-state index contributed by atoms with van der Waals surface area (Å²) < 4.78 is 19.5. The van der Waals surface area contributed by atoms with Crippen LogP contribution in [0.25, 0.3) is 10.2 Å². The topological polar surface area (TPSA) is 71.5 Å². The highest BCUT2D eigenvalue weighted by atomic mass is 32.1. The van der Waals surface area contributed by atoms with Gasteiger partial charge in [-0.25, -0.2) is 14.2 Å². The van der Waals surface area contributed by atoms with Gasteiger partial charge in [-0.05, 0) is 52.2 Å². The van der Waals surface area contributed by atoms with Gasteiger partial charge in [-0.2, -0.15) is 0 Å². The average Bonchev–Trinajstić information content (AvgIpc) is 2.94. The Kier molecular flexibility index (Phi) is 5.13. The second-order valence-electron chi connectivity index (χ2n) is 7.31. The van der Waals surface area contributed by atoms with Crippen LogP contribution in [-0.4, -0.2) is 40.1 Å². The van der Waals surface area contributed by atoms with Crippen LogP contribution in [0.2, 0.25) is 0 Å². The van der Waals surface area contributed by atoms with E-state index >= 15 is 0 Å². The predicted molar refractivity (Wildman–Crippen MR) is 98.8 cm³/mol. The molecule has 0 radical (unpaired) electrons. The van der Waals surface area contributed by atoms with Crippen molar-refractivity contribution in [3.05, 3.63) is 24.0 Å². The van der Waals surface area contributed by atoms with Gasteiger partial charge in [0.15, 0.2) is 5.13 Å². The van der Waals surface area contributed by atoms with Gasteiger partial charge < -0.3 is 10.1 Å². The van der Waals surface area contributed by atoms with E-state index in [1.807, 2.05) is 0 Å². The van der Waals surface area contributed by atoms with Crippen LogP contribution in [0.4, 0.5) is 14.3 Å². The number of aromatic nitrogens is 1. The Morgan fingerprint density at radius 3 is 2.85 bits per heavy atom. The SMILES string of the molecule is CC(C)(C)OC(=O)N1CCCCC1C(=O)Nc1nc2cc(F)ccc2s1. The molecule has 1 aliphatic rings. The second-order valence-corrected chi connectivity index (χ2v) is 8.34. The highest BCUT2D eigenvalue weighted by molar-refractivity contribution is 7.22. The van der Waals surface area contributed by atoms with E-state index in [0.29, 0.717) is 23.6 Å². The van der Waals surface area contributed by atoms with Gasteiger partial charge in [0.1, 0.15) is 17.5 Å². The van der Waals surface area contributed by atoms with Crippen LogP contribution in [0.3, 0.4) is 0 Å². The largest absolute Gasteiger partial charge is 0.444 e. The first-order valence-electron chi connectivity index (χ1n) is 8.59. The first-order chi connectivity index (χ1) is 12.2. The molecule has 1 atom stereocenters. The number of carbonyl (C=O) groups excluding carboxylic acids is 2. The van der Waals surface area contributed by atoms with Gasteiger partial charge in [0.2, 0.25) is 5.91 Å². The summed E-state index contributed by atoms with van der Waals surface area (Å²) in [7, 11) is 0. The fourth-order valence-electron chi connectivity index (χ4n) is 2.89. The molecule has 6 nitrogen and oxygen atoms in total. The number of hydrogen-bond donors (Lipinski definition) is 1. The molecule has 3 rings (SSSR count). The van der Waals surface area contributed by atoms with Crippen molar-refractivity contribution in [1.82, 2.24) is 9.88 Å². The lowest BCUT2D eigenvalue weighted by atomic mass is 10.0. The second kappa shape index (κ2) is 7.19. The van der Waals surface area contributed by atoms with Gasteiger partial charge in [0.25, 0.3) is 0 Å². The summed E-state index contributed by atoms with van der Waals surface area (Å²) in [4.78, 5) is 30.9. The first-order valence-corrected chi connectivity index (χ1v) is 9.41. The maximum Gasteiger partial charge on any atom is 0.410 e. The minimum atomic E-state index is -0.618. The van der Waals surface area contributed by atoms with Crippen LogP contribution < -0.4 is 5.32 Å². The molecule has 1 saturated heterocycles. The predicted octanol–water partition coefficient (Wildman–Crippen LogP) is 4.16. The Hall–Kier alpha value is -2.22. The number of ether oxygens (including phenoxy) is 1. The van der Waals surface area contributed by atoms with Crippen LogP contribution in [0.1, 0.15) is 40.0 Å². The van der Waals surface area contributed by atoms with Crippen molar-refractivity contribution < 1.29 is 18.7 Å². The number of carbonyl (C=O) groups is 2. The smallest absolute Gasteiger partial charge is 0.410 e. The lowest BCUT2D eigenvalue weighted by Gasteiger charge is -2.35. The minimum absolute atomic E-state index is 0.296. The molecular formula is C18H22FN3O3S. The van der Waals surface area contributed by atoms with Crippen LogP contribution in [0, 0.1) is 5.82 Å². The van der Waals surface area contributed by atoms with E-state index in [2.05, 4.69) is 10.3 Å². The van der Waals surface area contributed by atoms with Crippen molar-refractivity contribution in [2.24, 2.45) is 0 Å². The summed E-state index contributed by atoms with van der Waals surface area (Å²) in [6, 6.07) is 3.72. The molecule has 1 fully saturated rings. The third-order valence-electron chi connectivity index (χ3n) is 4.01. The number of benzene rings is 1. The molecule has 1 N–H and O–H groups in total. The summed E-state index contributed by atoms with van der Waals surface area (Å²) >= 11 is 1.27. The Bertz CT molecular complexity index is 831. The maximum atomic E-state index is 13.3. The third kappa shape index (κ3) is 4.30. The van der Waals surface area contributed by atoms with Crippen molar-refractivity contribution in [1.29, 1.82) is 0 Å². The summed E-state index contributed by atoms with van der Waals surface area (Å²) in [5.41, 5.74) is -0.120. The minimum Gasteiger partial charge on any atom is -0.444 e. The summed E-state index contributed by atoms with van der Waals surface area (Å²) in [5.74, 6) is -0.667. The molecule has 2 amide bonds. The molecule has 1 aliphatic heterocycles. The molecular weight excluding hydrogens is 357 g/mol. The van der Waals surface area contributed by atoms with Crippen molar-refractivity contribution >= 4 is 38.7 Å². The van der Waals surface area contributed by atoms with Crippen LogP contribution in [0.15, 0.2) is 18.2 Å². The highest BCUT2D eigenvalue weighted by Crippen LogP contribution is 2.28. The van der Waals surface area contributed by atoms with Crippen molar-refractivity contribution in [2.75, 3.05) is 11.9 Å². The van der Waals surface area contributed by atoms with Gasteiger partial charge in [0, 0.05) is 12.6 Å². The fourth-order valence-corrected chi connectivity index (χ4v) is 3.74. The van der Waals surface area contributed by atoms with Gasteiger partial charge in [-0.15, -0.1) is 0 Å². The highest BCUT2D eigenvalue weighted by Gasteiger charge is 2.35. The number of likely N-dealkylation sites (tertiary alicyclic amines) is 1. The number of hydrogen-bond acceptors (Lipinski definition) is 5. The van der Waals surface area contributed by atoms with Crippen LogP contribution in [-0.2, 0) is 9.53 Å². The Balaban J connectivity index is 1.74. The lowest BCUT2D eigenvalue weighted by Crippen LogP contribution is -2.51. The zero-order chi connectivity index (χ0) is 18.9. The molecule has 8 heteroatoms. The molecule has 0 bridgehead atoms. The van der Waals surface area contributed by atoms with E-state index in [9.17, 15) is 14.0 Å². The Labute approximate surface area is 155 Å². The fraction of sp³-hybridized carbons (Fsp3) is 0.500. The van der Waals surface area contributed by atoms with E-state index in [1.165, 1.54) is 28.4 Å². The first kappa shape index (κ1) is 18.6. The van der Waals surface area contributed by atoms with Gasteiger partial charge in [0.05, 0.1) is 10.2 Å². The molecule has 0 spiro atoms. The molecule has 2 heterocycles. The van der Waals surface area contributed by atoms with E-state index < -0.39 is 17.7 Å². The molecule has 1 aromatic carbocycles. The zero-order valence-corrected chi connectivity index (χ0v) is 15.9. The molecule has 1 unspecified atom stereocenters. The maximum absolute atomic E-state index is 13.3. The number of piperidine rings is 1. The monoisotopic (exact) mass is 379 g/mol. The Morgan fingerprint density at radius 1 is 1.35 bits per heavy atom. The van der Waals surface area contributed by atoms with Crippen molar-refractivity contribution in [3.63, 3.8) is 0 Å². The summed E-state index contributed by atoms with van der Waals surface area (Å²) in [5, 5.41) is 3.16. The summed E-state index contributed by atoms with van der Waals surface area (Å²) in [6.07, 6.45) is 1.79. The normalized spacial score (nSPS) is 18.0. The number of thiazole rings is 1. The van der Waals surface area contributed by atoms with E-state index in [1.54, 1.807) is 26.8 Å². The number of rotatable bonds is 2. The molecule has 140 valence electrons. The quantitative estimate of drug-likeness (QED) is 0.850. The molecule has 0 aliphatic carbocycles. The number of nitrogens with zero attached hydrogens (tertiary/aromatic N) is 2. The molecule has 1 aromatic heterocycles. The van der Waals surface area contributed by atoms with Crippen LogP contribution >= 0.6 is 11.3 Å². The average molecular weight is 379 g/mol. The molecule has 0 saturated carbocycles. The van der Waals surface area contributed by atoms with Gasteiger partial charge in [-0.1, -0.05) is 11.3 Å². The molecule has 26 heavy (non-hydrogen) atoms. The van der Waals surface area contributed by atoms with Crippen molar-refractivity contribution in [3.8, 4) is 0 Å². The van der Waals surface area contributed by atoms with E-state index in [4.69, 9.17) is 4.74 Å². The number of amides is 2. The van der Waals surface area contributed by atoms with Gasteiger partial charge >= 0.3 is 6.09 Å². The molecule has 2 aromatic rings. The number of anilines is 1. The summed E-state index contributed by atoms with van der Waals surface area (Å²) in [6.45, 7) is 5.87. The standard InChI is InChI=1S/C18H22FN3O3S/c1-18(2,3)25-17(24)22-9-5-4-6-13(22)15(23)21-16-20-12-10-11(19)7-8-14(12)26-16/h7-8,10,13H,4-6,9H2,1-3H3,(H,20,21,23). The van der Waals surface area contributed by atoms with Crippen molar-refractivity contribution in [2.45, 2.75) is 51.7 Å². The number of fused-ring (bicyclic) bond motifs is 1. The zero-order valence-electron chi connectivity index (χ0n) is 15.0. The van der Waals surface area contributed by atoms with E-state index in [-0.39, 0.29) is 11.7 Å². The Morgan fingerprint density at radius 2 is 2.12 bits per heavy atom. The van der Waals surface area contributed by atoms with Gasteiger partial charge in [-0.3, -0.25) is 9.69 Å². The van der Waals surface area contributed by atoms with Crippen LogP contribution in [0.5, 0.6) is 0 Å². The van der Waals surface area contributed by atoms with E-state index in [0.717, 1.165) is 17.5 Å².